The second-order valence-electron chi connectivity index (χ2n) is 4.29. The summed E-state index contributed by atoms with van der Waals surface area (Å²) in [5.41, 5.74) is -0.260. The number of hydrogen-bond acceptors (Lipinski definition) is 3. The fourth-order valence-electron chi connectivity index (χ4n) is 1.02. The Bertz CT molecular complexity index is 399. The number of carbonyl (C=O) groups is 1. The summed E-state index contributed by atoms with van der Waals surface area (Å²) in [5.74, 6) is 0.0236. The zero-order valence-corrected chi connectivity index (χ0v) is 10.1. The predicted molar refractivity (Wildman–Crippen MR) is 63.0 cm³/mol. The molecule has 1 aromatic carbocycles. The molecule has 0 bridgehead atoms. The van der Waals surface area contributed by atoms with E-state index in [1.807, 2.05) is 0 Å². The molecule has 88 valence electrons. The van der Waals surface area contributed by atoms with Crippen molar-refractivity contribution in [3.05, 3.63) is 23.2 Å². The lowest BCUT2D eigenvalue weighted by atomic mass is 10.2. The molecular formula is C11H14ClNO3. The monoisotopic (exact) mass is 243 g/mol. The Kier molecular flexibility index (Phi) is 3.65. The van der Waals surface area contributed by atoms with Gasteiger partial charge in [0.05, 0.1) is 10.7 Å². The smallest absolute Gasteiger partial charge is 0.412 e. The number of ether oxygens (including phenoxy) is 1. The second kappa shape index (κ2) is 4.61. The lowest BCUT2D eigenvalue weighted by molar-refractivity contribution is 0.0636. The molecule has 1 amide bonds. The molecule has 0 spiro atoms. The van der Waals surface area contributed by atoms with Gasteiger partial charge in [0, 0.05) is 6.07 Å². The molecule has 0 fully saturated rings. The number of anilines is 1. The summed E-state index contributed by atoms with van der Waals surface area (Å²) in [6, 6.07) is 4.28. The summed E-state index contributed by atoms with van der Waals surface area (Å²) in [6.07, 6.45) is -0.611. The number of benzene rings is 1. The van der Waals surface area contributed by atoms with Crippen molar-refractivity contribution in [2.75, 3.05) is 5.32 Å². The van der Waals surface area contributed by atoms with Crippen molar-refractivity contribution < 1.29 is 14.6 Å². The first-order valence-electron chi connectivity index (χ1n) is 4.76. The van der Waals surface area contributed by atoms with Gasteiger partial charge in [0.25, 0.3) is 0 Å². The van der Waals surface area contributed by atoms with E-state index < -0.39 is 11.7 Å². The van der Waals surface area contributed by atoms with Crippen molar-refractivity contribution >= 4 is 23.4 Å². The minimum Gasteiger partial charge on any atom is -0.508 e. The van der Waals surface area contributed by atoms with Crippen LogP contribution in [-0.2, 0) is 4.74 Å². The van der Waals surface area contributed by atoms with Gasteiger partial charge < -0.3 is 9.84 Å². The summed E-state index contributed by atoms with van der Waals surface area (Å²) >= 11 is 5.83. The molecule has 0 radical (unpaired) electrons. The van der Waals surface area contributed by atoms with Crippen molar-refractivity contribution in [2.24, 2.45) is 0 Å². The molecular weight excluding hydrogens is 230 g/mol. The van der Waals surface area contributed by atoms with Gasteiger partial charge in [-0.1, -0.05) is 11.6 Å². The molecule has 0 unspecified atom stereocenters. The SMILES string of the molecule is CC(C)(C)OC(=O)Nc1cc(O)ccc1Cl. The van der Waals surface area contributed by atoms with Crippen LogP contribution in [-0.4, -0.2) is 16.8 Å². The van der Waals surface area contributed by atoms with E-state index in [4.69, 9.17) is 16.3 Å². The van der Waals surface area contributed by atoms with Crippen LogP contribution in [0.5, 0.6) is 5.75 Å². The van der Waals surface area contributed by atoms with Crippen LogP contribution in [0.4, 0.5) is 10.5 Å². The van der Waals surface area contributed by atoms with Crippen molar-refractivity contribution in [2.45, 2.75) is 26.4 Å². The Morgan fingerprint density at radius 3 is 2.62 bits per heavy atom. The highest BCUT2D eigenvalue weighted by Crippen LogP contribution is 2.26. The maximum absolute atomic E-state index is 11.4. The normalized spacial score (nSPS) is 11.0. The molecule has 0 saturated heterocycles. The third kappa shape index (κ3) is 3.98. The van der Waals surface area contributed by atoms with Gasteiger partial charge in [0.1, 0.15) is 11.4 Å². The number of hydrogen-bond donors (Lipinski definition) is 2. The Labute approximate surface area is 99.2 Å². The highest BCUT2D eigenvalue weighted by molar-refractivity contribution is 6.33. The van der Waals surface area contributed by atoms with Crippen LogP contribution in [0.2, 0.25) is 5.02 Å². The molecule has 0 aliphatic heterocycles. The van der Waals surface area contributed by atoms with E-state index in [0.717, 1.165) is 0 Å². The maximum Gasteiger partial charge on any atom is 0.412 e. The quantitative estimate of drug-likeness (QED) is 0.795. The lowest BCUT2D eigenvalue weighted by Gasteiger charge is -2.19. The van der Waals surface area contributed by atoms with Crippen LogP contribution in [0.15, 0.2) is 18.2 Å². The zero-order chi connectivity index (χ0) is 12.3. The first kappa shape index (κ1) is 12.6. The van der Waals surface area contributed by atoms with Crippen molar-refractivity contribution in [3.63, 3.8) is 0 Å². The van der Waals surface area contributed by atoms with Crippen LogP contribution >= 0.6 is 11.6 Å². The minimum absolute atomic E-state index is 0.0236. The molecule has 1 rings (SSSR count). The molecule has 0 aliphatic rings. The number of amides is 1. The third-order valence-electron chi connectivity index (χ3n) is 1.59. The molecule has 5 heteroatoms. The molecule has 1 aromatic rings. The fourth-order valence-corrected chi connectivity index (χ4v) is 1.19. The molecule has 0 saturated carbocycles. The summed E-state index contributed by atoms with van der Waals surface area (Å²) in [7, 11) is 0. The first-order valence-corrected chi connectivity index (χ1v) is 5.14. The van der Waals surface area contributed by atoms with Gasteiger partial charge in [-0.05, 0) is 32.9 Å². The number of phenolic OH excluding ortho intramolecular Hbond substituents is 1. The number of phenols is 1. The van der Waals surface area contributed by atoms with E-state index in [2.05, 4.69) is 5.32 Å². The van der Waals surface area contributed by atoms with Gasteiger partial charge in [-0.3, -0.25) is 5.32 Å². The standard InChI is InChI=1S/C11H14ClNO3/c1-11(2,3)16-10(15)13-9-6-7(14)4-5-8(9)12/h4-6,14H,1-3H3,(H,13,15). The second-order valence-corrected chi connectivity index (χ2v) is 4.70. The minimum atomic E-state index is -0.611. The topological polar surface area (TPSA) is 58.6 Å². The lowest BCUT2D eigenvalue weighted by Crippen LogP contribution is -2.27. The van der Waals surface area contributed by atoms with Gasteiger partial charge in [-0.2, -0.15) is 0 Å². The van der Waals surface area contributed by atoms with E-state index >= 15 is 0 Å². The molecule has 2 N–H and O–H groups in total. The predicted octanol–water partition coefficient (Wildman–Crippen LogP) is 3.39. The summed E-state index contributed by atoms with van der Waals surface area (Å²) in [4.78, 5) is 11.4. The number of carbonyl (C=O) groups excluding carboxylic acids is 1. The highest BCUT2D eigenvalue weighted by atomic mass is 35.5. The fraction of sp³-hybridized carbons (Fsp3) is 0.364. The van der Waals surface area contributed by atoms with Crippen LogP contribution in [0, 0.1) is 0 Å². The van der Waals surface area contributed by atoms with E-state index in [-0.39, 0.29) is 5.75 Å². The third-order valence-corrected chi connectivity index (χ3v) is 1.92. The Morgan fingerprint density at radius 2 is 2.06 bits per heavy atom. The van der Waals surface area contributed by atoms with Gasteiger partial charge in [-0.25, -0.2) is 4.79 Å². The number of halogens is 1. The largest absolute Gasteiger partial charge is 0.508 e. The first-order chi connectivity index (χ1) is 7.28. The molecule has 0 aliphatic carbocycles. The van der Waals surface area contributed by atoms with Crippen LogP contribution in [0.1, 0.15) is 20.8 Å². The average Bonchev–Trinajstić information content (AvgIpc) is 2.08. The van der Waals surface area contributed by atoms with Crippen LogP contribution < -0.4 is 5.32 Å². The summed E-state index contributed by atoms with van der Waals surface area (Å²) < 4.78 is 5.05. The van der Waals surface area contributed by atoms with Crippen LogP contribution in [0.25, 0.3) is 0 Å². The van der Waals surface area contributed by atoms with Gasteiger partial charge >= 0.3 is 6.09 Å². The van der Waals surface area contributed by atoms with E-state index in [9.17, 15) is 9.90 Å². The van der Waals surface area contributed by atoms with Crippen molar-refractivity contribution in [1.82, 2.24) is 0 Å². The zero-order valence-electron chi connectivity index (χ0n) is 9.37. The molecule has 0 aromatic heterocycles. The summed E-state index contributed by atoms with van der Waals surface area (Å²) in [6.45, 7) is 5.28. The Balaban J connectivity index is 2.73. The number of rotatable bonds is 1. The number of aromatic hydroxyl groups is 1. The Morgan fingerprint density at radius 1 is 1.44 bits per heavy atom. The van der Waals surface area contributed by atoms with Gasteiger partial charge in [0.2, 0.25) is 0 Å². The highest BCUT2D eigenvalue weighted by Gasteiger charge is 2.17. The summed E-state index contributed by atoms with van der Waals surface area (Å²) in [5, 5.41) is 12.0. The van der Waals surface area contributed by atoms with E-state index in [1.54, 1.807) is 20.8 Å². The Hall–Kier alpha value is -1.42. The van der Waals surface area contributed by atoms with Gasteiger partial charge in [-0.15, -0.1) is 0 Å². The van der Waals surface area contributed by atoms with Crippen LogP contribution in [0.3, 0.4) is 0 Å². The molecule has 16 heavy (non-hydrogen) atoms. The van der Waals surface area contributed by atoms with Gasteiger partial charge in [0.15, 0.2) is 0 Å². The molecule has 0 heterocycles. The molecule has 4 nitrogen and oxygen atoms in total. The van der Waals surface area contributed by atoms with Crippen molar-refractivity contribution in [3.8, 4) is 5.75 Å². The van der Waals surface area contributed by atoms with E-state index in [1.165, 1.54) is 18.2 Å². The number of nitrogens with one attached hydrogen (secondary N) is 1. The van der Waals surface area contributed by atoms with Crippen molar-refractivity contribution in [1.29, 1.82) is 0 Å². The molecule has 0 atom stereocenters. The maximum atomic E-state index is 11.4. The average molecular weight is 244 g/mol. The van der Waals surface area contributed by atoms with E-state index in [0.29, 0.717) is 10.7 Å².